The molecule has 1 amide bonds. The summed E-state index contributed by atoms with van der Waals surface area (Å²) >= 11 is 0. The monoisotopic (exact) mass is 446 g/mol. The van der Waals surface area contributed by atoms with Crippen molar-refractivity contribution < 1.29 is 27.4 Å². The van der Waals surface area contributed by atoms with Crippen LogP contribution in [0.2, 0.25) is 0 Å². The molecule has 0 aromatic heterocycles. The smallest absolute Gasteiger partial charge is 0.254 e. The van der Waals surface area contributed by atoms with Crippen molar-refractivity contribution in [2.45, 2.75) is 30.2 Å². The summed E-state index contributed by atoms with van der Waals surface area (Å²) in [6.45, 7) is 1.81. The number of hydrogen-bond acceptors (Lipinski definition) is 6. The third-order valence-corrected chi connectivity index (χ3v) is 7.07. The number of carbonyl (C=O) groups is 1. The van der Waals surface area contributed by atoms with Gasteiger partial charge in [0.2, 0.25) is 10.0 Å². The third kappa shape index (κ3) is 4.20. The maximum absolute atomic E-state index is 13.4. The first kappa shape index (κ1) is 21.5. The number of carbonyl (C=O) groups excluding carboxylic acids is 1. The summed E-state index contributed by atoms with van der Waals surface area (Å²) < 4.78 is 43.7. The SMILES string of the molecule is CNS(=O)(=O)c1cc(C(=O)N2CCC[C@H]2c2ccc3c(c2)OCCCO3)ccc1OC. The number of methoxy groups -OCH3 is 1. The van der Waals surface area contributed by atoms with E-state index in [1.807, 2.05) is 18.2 Å². The van der Waals surface area contributed by atoms with Gasteiger partial charge in [0.15, 0.2) is 11.5 Å². The molecule has 2 aromatic rings. The molecule has 1 atom stereocenters. The standard InChI is InChI=1S/C22H26N2O6S/c1-23-31(26,27)21-14-16(7-9-19(21)28-2)22(25)24-10-3-5-17(24)15-6-8-18-20(13-15)30-12-4-11-29-18/h6-9,13-14,17,23H,3-5,10-12H2,1-2H3/t17-/m0/s1. The highest BCUT2D eigenvalue weighted by atomic mass is 32.2. The van der Waals surface area contributed by atoms with Crippen LogP contribution in [-0.4, -0.2) is 53.1 Å². The number of amides is 1. The van der Waals surface area contributed by atoms with Gasteiger partial charge in [0.05, 0.1) is 26.4 Å². The molecule has 1 fully saturated rings. The second-order valence-corrected chi connectivity index (χ2v) is 9.34. The van der Waals surface area contributed by atoms with Crippen molar-refractivity contribution in [3.63, 3.8) is 0 Å². The van der Waals surface area contributed by atoms with Gasteiger partial charge in [-0.3, -0.25) is 4.79 Å². The van der Waals surface area contributed by atoms with Crippen molar-refractivity contribution in [1.82, 2.24) is 9.62 Å². The van der Waals surface area contributed by atoms with E-state index in [9.17, 15) is 13.2 Å². The fourth-order valence-electron chi connectivity index (χ4n) is 4.04. The first-order chi connectivity index (χ1) is 14.9. The second kappa shape index (κ2) is 8.76. The quantitative estimate of drug-likeness (QED) is 0.759. The Bertz CT molecular complexity index is 1090. The first-order valence-electron chi connectivity index (χ1n) is 10.3. The molecule has 0 aliphatic carbocycles. The lowest BCUT2D eigenvalue weighted by Gasteiger charge is -2.26. The van der Waals surface area contributed by atoms with Gasteiger partial charge in [-0.2, -0.15) is 0 Å². The number of nitrogens with zero attached hydrogens (tertiary/aromatic N) is 1. The molecule has 31 heavy (non-hydrogen) atoms. The highest BCUT2D eigenvalue weighted by molar-refractivity contribution is 7.89. The van der Waals surface area contributed by atoms with Crippen LogP contribution < -0.4 is 18.9 Å². The van der Waals surface area contributed by atoms with Gasteiger partial charge in [0.25, 0.3) is 5.91 Å². The van der Waals surface area contributed by atoms with Crippen LogP contribution in [0.3, 0.4) is 0 Å². The Labute approximate surface area is 182 Å². The zero-order valence-corrected chi connectivity index (χ0v) is 18.4. The van der Waals surface area contributed by atoms with E-state index >= 15 is 0 Å². The van der Waals surface area contributed by atoms with Gasteiger partial charge in [0, 0.05) is 18.5 Å². The normalized spacial score (nSPS) is 18.5. The number of likely N-dealkylation sites (tertiary alicyclic amines) is 1. The van der Waals surface area contributed by atoms with Gasteiger partial charge in [-0.1, -0.05) is 6.07 Å². The summed E-state index contributed by atoms with van der Waals surface area (Å²) in [4.78, 5) is 15.1. The molecule has 0 spiro atoms. The minimum atomic E-state index is -3.78. The van der Waals surface area contributed by atoms with E-state index < -0.39 is 10.0 Å². The Kier molecular flexibility index (Phi) is 6.06. The molecule has 9 heteroatoms. The van der Waals surface area contributed by atoms with Crippen molar-refractivity contribution in [3.8, 4) is 17.2 Å². The lowest BCUT2D eigenvalue weighted by Crippen LogP contribution is -2.31. The van der Waals surface area contributed by atoms with E-state index in [1.54, 1.807) is 11.0 Å². The minimum absolute atomic E-state index is 0.0605. The number of sulfonamides is 1. The molecule has 166 valence electrons. The number of benzene rings is 2. The predicted molar refractivity (Wildman–Crippen MR) is 114 cm³/mol. The predicted octanol–water partition coefficient (Wildman–Crippen LogP) is 2.74. The molecule has 8 nitrogen and oxygen atoms in total. The van der Waals surface area contributed by atoms with Gasteiger partial charge >= 0.3 is 0 Å². The summed E-state index contributed by atoms with van der Waals surface area (Å²) in [6.07, 6.45) is 2.51. The Morgan fingerprint density at radius 3 is 2.61 bits per heavy atom. The van der Waals surface area contributed by atoms with E-state index in [0.717, 1.165) is 24.8 Å². The molecular weight excluding hydrogens is 420 g/mol. The lowest BCUT2D eigenvalue weighted by atomic mass is 10.0. The van der Waals surface area contributed by atoms with Crippen molar-refractivity contribution >= 4 is 15.9 Å². The molecule has 4 rings (SSSR count). The van der Waals surface area contributed by atoms with Crippen LogP contribution in [0, 0.1) is 0 Å². The molecule has 2 aliphatic rings. The van der Waals surface area contributed by atoms with Crippen LogP contribution in [0.5, 0.6) is 17.2 Å². The summed E-state index contributed by atoms with van der Waals surface area (Å²) in [7, 11) is -1.06. The van der Waals surface area contributed by atoms with E-state index in [0.29, 0.717) is 36.8 Å². The van der Waals surface area contributed by atoms with Crippen LogP contribution in [0.15, 0.2) is 41.3 Å². The van der Waals surface area contributed by atoms with Gasteiger partial charge in [-0.25, -0.2) is 13.1 Å². The summed E-state index contributed by atoms with van der Waals surface area (Å²) in [5.41, 5.74) is 1.28. The van der Waals surface area contributed by atoms with E-state index in [-0.39, 0.29) is 22.6 Å². The number of rotatable bonds is 5. The van der Waals surface area contributed by atoms with Crippen LogP contribution >= 0.6 is 0 Å². The van der Waals surface area contributed by atoms with Crippen molar-refractivity contribution in [2.24, 2.45) is 0 Å². The zero-order chi connectivity index (χ0) is 22.0. The summed E-state index contributed by atoms with van der Waals surface area (Å²) in [5, 5.41) is 0. The van der Waals surface area contributed by atoms with Gasteiger partial charge < -0.3 is 19.1 Å². The topological polar surface area (TPSA) is 94.2 Å². The number of nitrogens with one attached hydrogen (secondary N) is 1. The molecule has 0 bridgehead atoms. The number of fused-ring (bicyclic) bond motifs is 1. The molecule has 0 radical (unpaired) electrons. The third-order valence-electron chi connectivity index (χ3n) is 5.64. The van der Waals surface area contributed by atoms with E-state index in [4.69, 9.17) is 14.2 Å². The number of ether oxygens (including phenoxy) is 3. The molecule has 2 heterocycles. The molecule has 0 saturated carbocycles. The van der Waals surface area contributed by atoms with Gasteiger partial charge in [-0.15, -0.1) is 0 Å². The van der Waals surface area contributed by atoms with Crippen LogP contribution in [-0.2, 0) is 10.0 Å². The Balaban J connectivity index is 1.64. The largest absolute Gasteiger partial charge is 0.495 e. The Hall–Kier alpha value is -2.78. The average Bonchev–Trinajstić information content (AvgIpc) is 3.16. The maximum Gasteiger partial charge on any atom is 0.254 e. The van der Waals surface area contributed by atoms with E-state index in [2.05, 4.69) is 4.72 Å². The van der Waals surface area contributed by atoms with Crippen molar-refractivity contribution in [1.29, 1.82) is 0 Å². The zero-order valence-electron chi connectivity index (χ0n) is 17.6. The Morgan fingerprint density at radius 2 is 1.87 bits per heavy atom. The van der Waals surface area contributed by atoms with Crippen LogP contribution in [0.25, 0.3) is 0 Å². The minimum Gasteiger partial charge on any atom is -0.495 e. The van der Waals surface area contributed by atoms with Crippen molar-refractivity contribution in [2.75, 3.05) is 33.9 Å². The van der Waals surface area contributed by atoms with Crippen molar-refractivity contribution in [3.05, 3.63) is 47.5 Å². The summed E-state index contributed by atoms with van der Waals surface area (Å²) in [5.74, 6) is 1.38. The molecule has 1 saturated heterocycles. The fraction of sp³-hybridized carbons (Fsp3) is 0.409. The fourth-order valence-corrected chi connectivity index (χ4v) is 4.96. The molecular formula is C22H26N2O6S. The van der Waals surface area contributed by atoms with Crippen LogP contribution in [0.4, 0.5) is 0 Å². The molecule has 1 N–H and O–H groups in total. The Morgan fingerprint density at radius 1 is 1.10 bits per heavy atom. The second-order valence-electron chi connectivity index (χ2n) is 7.49. The van der Waals surface area contributed by atoms with Gasteiger partial charge in [-0.05, 0) is 55.8 Å². The van der Waals surface area contributed by atoms with Crippen LogP contribution in [0.1, 0.15) is 41.2 Å². The van der Waals surface area contributed by atoms with Gasteiger partial charge in [0.1, 0.15) is 10.6 Å². The molecule has 2 aromatic carbocycles. The maximum atomic E-state index is 13.4. The molecule has 0 unspecified atom stereocenters. The highest BCUT2D eigenvalue weighted by Crippen LogP contribution is 2.39. The highest BCUT2D eigenvalue weighted by Gasteiger charge is 2.32. The number of hydrogen-bond donors (Lipinski definition) is 1. The first-order valence-corrected chi connectivity index (χ1v) is 11.7. The lowest BCUT2D eigenvalue weighted by molar-refractivity contribution is 0.0735. The average molecular weight is 447 g/mol. The summed E-state index contributed by atoms with van der Waals surface area (Å²) in [6, 6.07) is 10.2. The molecule has 2 aliphatic heterocycles. The van der Waals surface area contributed by atoms with E-state index in [1.165, 1.54) is 26.3 Å².